The molecule has 15 heavy (non-hydrogen) atoms. The Balaban J connectivity index is -0.000000720. The molecule has 0 unspecified atom stereocenters. The Bertz CT molecular complexity index is 228. The molecule has 0 spiro atoms. The van der Waals surface area contributed by atoms with Crippen molar-refractivity contribution in [1.29, 1.82) is 0 Å². The third-order valence-corrected chi connectivity index (χ3v) is 2.49. The van der Waals surface area contributed by atoms with E-state index in [0.717, 1.165) is 0 Å². The van der Waals surface area contributed by atoms with Crippen molar-refractivity contribution in [2.45, 2.75) is 54.6 Å². The lowest BCUT2D eigenvalue weighted by atomic mass is 10.2. The van der Waals surface area contributed by atoms with Gasteiger partial charge in [0.25, 0.3) is 0 Å². The van der Waals surface area contributed by atoms with Crippen LogP contribution in [0.25, 0.3) is 0 Å². The third kappa shape index (κ3) is 10.2. The summed E-state index contributed by atoms with van der Waals surface area (Å²) in [6.45, 7) is 8.57. The van der Waals surface area contributed by atoms with E-state index in [4.69, 9.17) is 0 Å². The predicted molar refractivity (Wildman–Crippen MR) is 68.4 cm³/mol. The Morgan fingerprint density at radius 2 is 1.40 bits per heavy atom. The van der Waals surface area contributed by atoms with Crippen molar-refractivity contribution in [3.8, 4) is 0 Å². The minimum Gasteiger partial charge on any atom is -0.285 e. The zero-order valence-corrected chi connectivity index (χ0v) is 9.85. The molecule has 0 rings (SSSR count). The zero-order valence-electron chi connectivity index (χ0n) is 9.03. The molecule has 0 heterocycles. The second-order valence-corrected chi connectivity index (χ2v) is 5.61. The van der Waals surface area contributed by atoms with Crippen molar-refractivity contribution in [1.82, 2.24) is 9.62 Å². The fourth-order valence-electron chi connectivity index (χ4n) is 1.15. The van der Waals surface area contributed by atoms with Gasteiger partial charge in [-0.2, -0.15) is 0 Å². The third-order valence-electron chi connectivity index (χ3n) is 1.84. The van der Waals surface area contributed by atoms with Crippen molar-refractivity contribution in [2.75, 3.05) is 12.9 Å². The molecule has 0 radical (unpaired) electrons. The normalized spacial score (nSPS) is 11.5. The number of hydrogen-bond donors (Lipinski definition) is 1. The van der Waals surface area contributed by atoms with Crippen LogP contribution in [0.5, 0.6) is 0 Å². The first-order valence-corrected chi connectivity index (χ1v) is 6.33. The SMILES string of the molecule is C.C.CC(C)N(CNS(C)(=O)=O)C(C)C. The number of nitrogens with one attached hydrogen (secondary N) is 1. The summed E-state index contributed by atoms with van der Waals surface area (Å²) in [4.78, 5) is 2.07. The first kappa shape index (κ1) is 20.3. The van der Waals surface area contributed by atoms with Crippen LogP contribution in [-0.4, -0.2) is 38.3 Å². The monoisotopic (exact) mass is 240 g/mol. The molecule has 0 aromatic carbocycles. The van der Waals surface area contributed by atoms with E-state index < -0.39 is 10.0 Å². The van der Waals surface area contributed by atoms with Gasteiger partial charge in [-0.3, -0.25) is 4.90 Å². The van der Waals surface area contributed by atoms with E-state index >= 15 is 0 Å². The van der Waals surface area contributed by atoms with Crippen LogP contribution in [-0.2, 0) is 10.0 Å². The molecule has 0 atom stereocenters. The van der Waals surface area contributed by atoms with Crippen LogP contribution in [0, 0.1) is 0 Å². The summed E-state index contributed by atoms with van der Waals surface area (Å²) < 4.78 is 24.2. The molecule has 4 nitrogen and oxygen atoms in total. The molecule has 0 aliphatic rings. The summed E-state index contributed by atoms with van der Waals surface area (Å²) in [5.74, 6) is 0. The van der Waals surface area contributed by atoms with Gasteiger partial charge in [0.15, 0.2) is 0 Å². The maximum Gasteiger partial charge on any atom is 0.209 e. The fourth-order valence-corrected chi connectivity index (χ4v) is 1.54. The van der Waals surface area contributed by atoms with E-state index in [-0.39, 0.29) is 14.9 Å². The van der Waals surface area contributed by atoms with Gasteiger partial charge in [0.2, 0.25) is 10.0 Å². The molecule has 5 heteroatoms. The first-order chi connectivity index (χ1) is 5.74. The molecule has 0 saturated carbocycles. The van der Waals surface area contributed by atoms with E-state index in [1.165, 1.54) is 6.26 Å². The van der Waals surface area contributed by atoms with Gasteiger partial charge >= 0.3 is 0 Å². The standard InChI is InChI=1S/C8H20N2O2S.2CH4/c1-7(2)10(8(3)4)6-9-13(5,11)12;;/h7-9H,6H2,1-5H3;2*1H4. The van der Waals surface area contributed by atoms with Crippen LogP contribution in [0.1, 0.15) is 42.5 Å². The Hall–Kier alpha value is -0.130. The van der Waals surface area contributed by atoms with Gasteiger partial charge in [-0.25, -0.2) is 13.1 Å². The molecule has 96 valence electrons. The summed E-state index contributed by atoms with van der Waals surface area (Å²) in [5.41, 5.74) is 0. The number of sulfonamides is 1. The van der Waals surface area contributed by atoms with E-state index in [9.17, 15) is 8.42 Å². The first-order valence-electron chi connectivity index (χ1n) is 4.44. The maximum atomic E-state index is 10.8. The van der Waals surface area contributed by atoms with E-state index in [1.54, 1.807) is 0 Å². The van der Waals surface area contributed by atoms with Gasteiger partial charge < -0.3 is 0 Å². The lowest BCUT2D eigenvalue weighted by molar-refractivity contribution is 0.172. The lowest BCUT2D eigenvalue weighted by Gasteiger charge is -2.30. The number of hydrogen-bond acceptors (Lipinski definition) is 3. The van der Waals surface area contributed by atoms with Crippen molar-refractivity contribution in [3.05, 3.63) is 0 Å². The summed E-state index contributed by atoms with van der Waals surface area (Å²) in [6.07, 6.45) is 1.17. The summed E-state index contributed by atoms with van der Waals surface area (Å²) in [6, 6.07) is 0.684. The predicted octanol–water partition coefficient (Wildman–Crippen LogP) is 1.88. The largest absolute Gasteiger partial charge is 0.285 e. The molecule has 0 fully saturated rings. The van der Waals surface area contributed by atoms with E-state index in [1.807, 2.05) is 27.7 Å². The summed E-state index contributed by atoms with van der Waals surface area (Å²) in [7, 11) is -3.08. The average molecular weight is 240 g/mol. The van der Waals surface area contributed by atoms with Crippen molar-refractivity contribution in [3.63, 3.8) is 0 Å². The van der Waals surface area contributed by atoms with Crippen LogP contribution in [0.15, 0.2) is 0 Å². The molecule has 0 aromatic heterocycles. The van der Waals surface area contributed by atoms with Gasteiger partial charge in [0.1, 0.15) is 0 Å². The zero-order chi connectivity index (χ0) is 10.6. The minimum absolute atomic E-state index is 0. The highest BCUT2D eigenvalue weighted by molar-refractivity contribution is 7.88. The van der Waals surface area contributed by atoms with Crippen LogP contribution in [0.3, 0.4) is 0 Å². The van der Waals surface area contributed by atoms with Crippen LogP contribution >= 0.6 is 0 Å². The minimum atomic E-state index is -3.08. The average Bonchev–Trinajstić information content (AvgIpc) is 1.82. The highest BCUT2D eigenvalue weighted by Gasteiger charge is 2.14. The smallest absolute Gasteiger partial charge is 0.209 e. The quantitative estimate of drug-likeness (QED) is 0.747. The Morgan fingerprint density at radius 3 is 1.60 bits per heavy atom. The van der Waals surface area contributed by atoms with Crippen LogP contribution in [0.2, 0.25) is 0 Å². The number of rotatable bonds is 5. The van der Waals surface area contributed by atoms with Crippen molar-refractivity contribution >= 4 is 10.0 Å². The molecule has 0 bridgehead atoms. The highest BCUT2D eigenvalue weighted by Crippen LogP contribution is 2.02. The van der Waals surface area contributed by atoms with E-state index in [0.29, 0.717) is 18.8 Å². The van der Waals surface area contributed by atoms with Crippen LogP contribution in [0.4, 0.5) is 0 Å². The van der Waals surface area contributed by atoms with Gasteiger partial charge in [-0.15, -0.1) is 0 Å². The second-order valence-electron chi connectivity index (χ2n) is 3.78. The molecule has 0 saturated heterocycles. The van der Waals surface area contributed by atoms with Gasteiger partial charge in [-0.05, 0) is 27.7 Å². The topological polar surface area (TPSA) is 49.4 Å². The molecule has 0 aromatic rings. The molecule has 1 N–H and O–H groups in total. The number of nitrogens with zero attached hydrogens (tertiary/aromatic N) is 1. The van der Waals surface area contributed by atoms with Gasteiger partial charge in [-0.1, -0.05) is 14.9 Å². The molecular formula is C10H28N2O2S. The highest BCUT2D eigenvalue weighted by atomic mass is 32.2. The maximum absolute atomic E-state index is 10.8. The Labute approximate surface area is 96.1 Å². The molecule has 0 amide bonds. The van der Waals surface area contributed by atoms with Gasteiger partial charge in [0, 0.05) is 12.1 Å². The van der Waals surface area contributed by atoms with Crippen molar-refractivity contribution < 1.29 is 8.42 Å². The Morgan fingerprint density at radius 1 is 1.07 bits per heavy atom. The second kappa shape index (κ2) is 8.07. The summed E-state index contributed by atoms with van der Waals surface area (Å²) in [5, 5.41) is 0. The lowest BCUT2D eigenvalue weighted by Crippen LogP contribution is -2.44. The molecular weight excluding hydrogens is 212 g/mol. The molecule has 0 aliphatic heterocycles. The van der Waals surface area contributed by atoms with Crippen molar-refractivity contribution in [2.24, 2.45) is 0 Å². The van der Waals surface area contributed by atoms with E-state index in [2.05, 4.69) is 9.62 Å². The fraction of sp³-hybridized carbons (Fsp3) is 1.00. The van der Waals surface area contributed by atoms with Crippen LogP contribution < -0.4 is 4.72 Å². The molecule has 0 aliphatic carbocycles. The van der Waals surface area contributed by atoms with Gasteiger partial charge in [0.05, 0.1) is 12.9 Å². The summed E-state index contributed by atoms with van der Waals surface area (Å²) >= 11 is 0. The Kier molecular flexibility index (Phi) is 10.9.